The van der Waals surface area contributed by atoms with Crippen molar-refractivity contribution in [3.05, 3.63) is 12.2 Å². The second-order valence-electron chi connectivity index (χ2n) is 8.96. The van der Waals surface area contributed by atoms with Crippen LogP contribution in [-0.2, 0) is 28.7 Å². The van der Waals surface area contributed by atoms with Crippen molar-refractivity contribution in [1.82, 2.24) is 21.3 Å². The molecular formula is C23H36N4O6S2. The van der Waals surface area contributed by atoms with Crippen LogP contribution in [0.3, 0.4) is 0 Å². The first kappa shape index (κ1) is 29.0. The van der Waals surface area contributed by atoms with Gasteiger partial charge in [-0.3, -0.25) is 19.2 Å². The third kappa shape index (κ3) is 8.45. The Morgan fingerprint density at radius 3 is 2.40 bits per heavy atom. The number of ether oxygens (including phenoxy) is 1. The fourth-order valence-electron chi connectivity index (χ4n) is 3.67. The largest absolute Gasteiger partial charge is 0.456 e. The van der Waals surface area contributed by atoms with Crippen LogP contribution in [0.2, 0.25) is 0 Å². The van der Waals surface area contributed by atoms with E-state index in [4.69, 9.17) is 4.74 Å². The first-order valence-electron chi connectivity index (χ1n) is 11.9. The third-order valence-corrected chi connectivity index (χ3v) is 7.37. The number of cyclic esters (lactones) is 1. The van der Waals surface area contributed by atoms with Gasteiger partial charge >= 0.3 is 5.97 Å². The molecule has 0 aromatic heterocycles. The zero-order valence-corrected chi connectivity index (χ0v) is 22.2. The van der Waals surface area contributed by atoms with Crippen molar-refractivity contribution in [1.29, 1.82) is 0 Å². The minimum absolute atomic E-state index is 0.198. The lowest BCUT2D eigenvalue weighted by Gasteiger charge is -2.28. The molecule has 0 saturated carbocycles. The van der Waals surface area contributed by atoms with Gasteiger partial charge in [0.1, 0.15) is 30.3 Å². The molecule has 2 saturated heterocycles. The highest BCUT2D eigenvalue weighted by atomic mass is 32.2. The molecule has 12 heteroatoms. The van der Waals surface area contributed by atoms with E-state index in [1.165, 1.54) is 11.8 Å². The summed E-state index contributed by atoms with van der Waals surface area (Å²) in [4.78, 5) is 64.6. The second-order valence-corrected chi connectivity index (χ2v) is 10.8. The van der Waals surface area contributed by atoms with Gasteiger partial charge in [-0.25, -0.2) is 4.79 Å². The predicted octanol–water partition coefficient (Wildman–Crippen LogP) is 0.319. The van der Waals surface area contributed by atoms with Crippen LogP contribution in [0.4, 0.5) is 0 Å². The van der Waals surface area contributed by atoms with Crippen molar-refractivity contribution >= 4 is 54.0 Å². The zero-order chi connectivity index (χ0) is 26.1. The van der Waals surface area contributed by atoms with E-state index in [0.29, 0.717) is 18.6 Å². The molecule has 10 nitrogen and oxygen atoms in total. The van der Waals surface area contributed by atoms with Gasteiger partial charge < -0.3 is 26.0 Å². The van der Waals surface area contributed by atoms with Gasteiger partial charge in [-0.2, -0.15) is 24.4 Å². The number of fused-ring (bicyclic) bond motifs is 3. The normalized spacial score (nSPS) is 31.4. The van der Waals surface area contributed by atoms with E-state index < -0.39 is 59.9 Å². The van der Waals surface area contributed by atoms with E-state index in [1.807, 2.05) is 0 Å². The van der Waals surface area contributed by atoms with Crippen LogP contribution >= 0.6 is 24.4 Å². The molecule has 2 aliphatic heterocycles. The van der Waals surface area contributed by atoms with E-state index in [0.717, 1.165) is 0 Å². The third-order valence-electron chi connectivity index (χ3n) is 5.79. The Balaban J connectivity index is 2.41. The van der Waals surface area contributed by atoms with Gasteiger partial charge in [0.25, 0.3) is 0 Å². The number of thioether (sulfide) groups is 1. The van der Waals surface area contributed by atoms with Crippen LogP contribution in [0.5, 0.6) is 0 Å². The maximum absolute atomic E-state index is 13.1. The van der Waals surface area contributed by atoms with E-state index in [1.54, 1.807) is 39.8 Å². The highest BCUT2D eigenvalue weighted by Gasteiger charge is 2.38. The summed E-state index contributed by atoms with van der Waals surface area (Å²) < 4.78 is 5.62. The standard InChI is InChI=1S/C23H36N4O6S2/c1-5-15-20(29)25-16-11-35-13(4)19(27-21(16)30)22(31)26-18(12(2)3)23(32)33-14(8-6-7-9-34)10-17(28)24-15/h6,8,12-16,18-19,34H,5,7,9-11H2,1-4H3,(H,24,28)(H,25,29)(H,26,31)(H,27,30)/b8-6+/t13?,14-,15+,16+,18-,19?/m0/s1. The number of nitrogens with one attached hydrogen (secondary N) is 4. The van der Waals surface area contributed by atoms with E-state index in [2.05, 4.69) is 33.9 Å². The minimum Gasteiger partial charge on any atom is -0.456 e. The molecule has 2 rings (SSSR count). The summed E-state index contributed by atoms with van der Waals surface area (Å²) in [6.45, 7) is 7.08. The lowest BCUT2D eigenvalue weighted by atomic mass is 10.0. The summed E-state index contributed by atoms with van der Waals surface area (Å²) >= 11 is 5.52. The maximum atomic E-state index is 13.1. The van der Waals surface area contributed by atoms with Gasteiger partial charge in [0.2, 0.25) is 23.6 Å². The highest BCUT2D eigenvalue weighted by molar-refractivity contribution is 8.00. The highest BCUT2D eigenvalue weighted by Crippen LogP contribution is 2.21. The number of esters is 1. The molecule has 2 aliphatic rings. The minimum atomic E-state index is -0.976. The monoisotopic (exact) mass is 528 g/mol. The molecule has 0 radical (unpaired) electrons. The number of thiol groups is 1. The first-order valence-corrected chi connectivity index (χ1v) is 13.6. The Bertz CT molecular complexity index is 837. The van der Waals surface area contributed by atoms with E-state index in [9.17, 15) is 24.0 Å². The van der Waals surface area contributed by atoms with Crippen LogP contribution in [0, 0.1) is 5.92 Å². The van der Waals surface area contributed by atoms with Gasteiger partial charge in [0.05, 0.1) is 6.42 Å². The Labute approximate surface area is 215 Å². The molecule has 2 heterocycles. The van der Waals surface area contributed by atoms with Gasteiger partial charge in [-0.1, -0.05) is 33.8 Å². The molecule has 2 bridgehead atoms. The molecular weight excluding hydrogens is 492 g/mol. The lowest BCUT2D eigenvalue weighted by molar-refractivity contribution is -0.153. The smallest absolute Gasteiger partial charge is 0.329 e. The number of rotatable bonds is 5. The Kier molecular flexibility index (Phi) is 11.4. The average Bonchev–Trinajstić information content (AvgIpc) is 2.93. The number of amides is 4. The molecule has 0 spiro atoms. The number of carbonyl (C=O) groups excluding carboxylic acids is 5. The number of hydrogen-bond donors (Lipinski definition) is 5. The average molecular weight is 529 g/mol. The maximum Gasteiger partial charge on any atom is 0.329 e. The molecule has 0 aromatic rings. The molecule has 196 valence electrons. The summed E-state index contributed by atoms with van der Waals surface area (Å²) in [5.41, 5.74) is 0. The lowest BCUT2D eigenvalue weighted by Crippen LogP contribution is -2.59. The summed E-state index contributed by atoms with van der Waals surface area (Å²) in [5.74, 6) is -2.13. The van der Waals surface area contributed by atoms with Crippen molar-refractivity contribution in [3.63, 3.8) is 0 Å². The van der Waals surface area contributed by atoms with Crippen molar-refractivity contribution < 1.29 is 28.7 Å². The van der Waals surface area contributed by atoms with Gasteiger partial charge in [0.15, 0.2) is 0 Å². The molecule has 4 amide bonds. The van der Waals surface area contributed by atoms with E-state index >= 15 is 0 Å². The van der Waals surface area contributed by atoms with Crippen LogP contribution in [-0.4, -0.2) is 76.6 Å². The van der Waals surface area contributed by atoms with Crippen molar-refractivity contribution in [2.45, 2.75) is 82.5 Å². The van der Waals surface area contributed by atoms with Gasteiger partial charge in [0, 0.05) is 11.0 Å². The molecule has 6 atom stereocenters. The predicted molar refractivity (Wildman–Crippen MR) is 137 cm³/mol. The fraction of sp³-hybridized carbons (Fsp3) is 0.696. The van der Waals surface area contributed by atoms with Gasteiger partial charge in [-0.05, 0) is 30.6 Å². The first-order chi connectivity index (χ1) is 16.6. The topological polar surface area (TPSA) is 143 Å². The summed E-state index contributed by atoms with van der Waals surface area (Å²) in [5, 5.41) is 10.5. The van der Waals surface area contributed by atoms with Crippen molar-refractivity contribution in [2.24, 2.45) is 5.92 Å². The van der Waals surface area contributed by atoms with Crippen LogP contribution in [0.25, 0.3) is 0 Å². The van der Waals surface area contributed by atoms with Crippen LogP contribution < -0.4 is 21.3 Å². The molecule has 2 unspecified atom stereocenters. The number of allylic oxidation sites excluding steroid dienone is 1. The second kappa shape index (κ2) is 13.8. The Morgan fingerprint density at radius 2 is 1.77 bits per heavy atom. The molecule has 4 N–H and O–H groups in total. The fourth-order valence-corrected chi connectivity index (χ4v) is 4.94. The number of hydrogen-bond acceptors (Lipinski definition) is 8. The summed E-state index contributed by atoms with van der Waals surface area (Å²) in [6, 6.07) is -3.61. The molecule has 0 aromatic carbocycles. The molecule has 35 heavy (non-hydrogen) atoms. The van der Waals surface area contributed by atoms with Crippen molar-refractivity contribution in [3.8, 4) is 0 Å². The summed E-state index contributed by atoms with van der Waals surface area (Å²) in [6.07, 6.45) is 3.21. The van der Waals surface area contributed by atoms with Crippen molar-refractivity contribution in [2.75, 3.05) is 11.5 Å². The molecule has 0 aliphatic carbocycles. The Morgan fingerprint density at radius 1 is 1.06 bits per heavy atom. The van der Waals surface area contributed by atoms with Crippen LogP contribution in [0.1, 0.15) is 47.0 Å². The van der Waals surface area contributed by atoms with E-state index in [-0.39, 0.29) is 23.3 Å². The number of carbonyl (C=O) groups is 5. The molecule has 2 fully saturated rings. The Hall–Kier alpha value is -2.21. The quantitative estimate of drug-likeness (QED) is 0.196. The van der Waals surface area contributed by atoms with Gasteiger partial charge in [-0.15, -0.1) is 0 Å². The SMILES string of the molecule is CC[C@H]1NC(=O)C[C@H](/C=C/CCS)OC(=O)[C@H](C(C)C)NC(=O)C2NC(=O)[C@@H](CSC2C)NC1=O. The summed E-state index contributed by atoms with van der Waals surface area (Å²) in [7, 11) is 0. The van der Waals surface area contributed by atoms with Crippen LogP contribution in [0.15, 0.2) is 12.2 Å². The zero-order valence-electron chi connectivity index (χ0n) is 20.5.